The number of carbonyl (C=O) groups is 1. The van der Waals surface area contributed by atoms with Gasteiger partial charge in [0.05, 0.1) is 0 Å². The molecule has 2 rings (SSSR count). The molecule has 0 atom stereocenters. The van der Waals surface area contributed by atoms with Crippen LogP contribution in [0.15, 0.2) is 54.6 Å². The standard InChI is InChI=1S/C13H9N2O.ClH/c14-15-12-8-6-11(7-9-12)13(16)10-4-2-1-3-5-10;/h1-9H;1H/q+1;/p-1. The van der Waals surface area contributed by atoms with Gasteiger partial charge >= 0.3 is 5.69 Å². The van der Waals surface area contributed by atoms with Crippen LogP contribution in [0.2, 0.25) is 0 Å². The molecule has 0 aliphatic carbocycles. The first kappa shape index (κ1) is 12.9. The monoisotopic (exact) mass is 244 g/mol. The van der Waals surface area contributed by atoms with Crippen molar-refractivity contribution in [1.82, 2.24) is 0 Å². The fourth-order valence-corrected chi connectivity index (χ4v) is 1.44. The van der Waals surface area contributed by atoms with E-state index in [1.807, 2.05) is 18.2 Å². The summed E-state index contributed by atoms with van der Waals surface area (Å²) in [6.07, 6.45) is 0. The lowest BCUT2D eigenvalue weighted by Gasteiger charge is -1.98. The minimum Gasteiger partial charge on any atom is -1.00 e. The molecule has 2 aromatic carbocycles. The summed E-state index contributed by atoms with van der Waals surface area (Å²) in [5, 5.41) is 8.52. The maximum atomic E-state index is 12.0. The lowest BCUT2D eigenvalue weighted by molar-refractivity contribution is -0.0000106. The van der Waals surface area contributed by atoms with Gasteiger partial charge in [0.1, 0.15) is 0 Å². The van der Waals surface area contributed by atoms with Crippen LogP contribution in [0.4, 0.5) is 5.69 Å². The van der Waals surface area contributed by atoms with Gasteiger partial charge in [-0.2, -0.15) is 0 Å². The van der Waals surface area contributed by atoms with Crippen molar-refractivity contribution in [3.05, 3.63) is 70.7 Å². The van der Waals surface area contributed by atoms with Gasteiger partial charge in [-0.3, -0.25) is 4.79 Å². The molecule has 0 fully saturated rings. The van der Waals surface area contributed by atoms with E-state index in [1.165, 1.54) is 0 Å². The second-order valence-electron chi connectivity index (χ2n) is 3.34. The second-order valence-corrected chi connectivity index (χ2v) is 3.34. The largest absolute Gasteiger partial charge is 1.00 e. The van der Waals surface area contributed by atoms with E-state index in [2.05, 4.69) is 4.98 Å². The van der Waals surface area contributed by atoms with E-state index in [0.29, 0.717) is 16.8 Å². The van der Waals surface area contributed by atoms with E-state index in [0.717, 1.165) is 0 Å². The molecule has 2 aromatic rings. The average Bonchev–Trinajstić information content (AvgIpc) is 2.39. The summed E-state index contributed by atoms with van der Waals surface area (Å²) in [6.45, 7) is 0. The number of hydrogen-bond acceptors (Lipinski definition) is 2. The van der Waals surface area contributed by atoms with Gasteiger partial charge < -0.3 is 12.4 Å². The summed E-state index contributed by atoms with van der Waals surface area (Å²) < 4.78 is 0. The van der Waals surface area contributed by atoms with Gasteiger partial charge in [0, 0.05) is 23.3 Å². The second kappa shape index (κ2) is 5.78. The number of benzene rings is 2. The van der Waals surface area contributed by atoms with Crippen LogP contribution in [0, 0.1) is 5.39 Å². The van der Waals surface area contributed by atoms with Crippen molar-refractivity contribution in [2.24, 2.45) is 0 Å². The van der Waals surface area contributed by atoms with Crippen LogP contribution in [-0.2, 0) is 0 Å². The molecule has 84 valence electrons. The number of nitrogens with zero attached hydrogens (tertiary/aromatic N) is 2. The van der Waals surface area contributed by atoms with Crippen LogP contribution in [-0.4, -0.2) is 5.78 Å². The van der Waals surface area contributed by atoms with Crippen molar-refractivity contribution >= 4 is 11.5 Å². The van der Waals surface area contributed by atoms with E-state index >= 15 is 0 Å². The Kier molecular flexibility index (Phi) is 4.38. The van der Waals surface area contributed by atoms with Crippen molar-refractivity contribution in [3.63, 3.8) is 0 Å². The quantitative estimate of drug-likeness (QED) is 0.567. The topological polar surface area (TPSA) is 45.2 Å². The lowest BCUT2D eigenvalue weighted by Crippen LogP contribution is -3.00. The van der Waals surface area contributed by atoms with E-state index < -0.39 is 0 Å². The number of rotatable bonds is 2. The van der Waals surface area contributed by atoms with Gasteiger partial charge in [-0.1, -0.05) is 30.3 Å². The molecule has 4 heteroatoms. The molecule has 0 N–H and O–H groups in total. The number of diazo groups is 1. The minimum atomic E-state index is -0.0370. The van der Waals surface area contributed by atoms with Gasteiger partial charge in [0.15, 0.2) is 10.8 Å². The molecule has 0 saturated heterocycles. The summed E-state index contributed by atoms with van der Waals surface area (Å²) in [5.41, 5.74) is 1.67. The molecular formula is C13H9ClN2O. The Balaban J connectivity index is 0.00000144. The summed E-state index contributed by atoms with van der Waals surface area (Å²) in [6, 6.07) is 15.5. The Bertz CT molecular complexity index is 544. The van der Waals surface area contributed by atoms with E-state index in [1.54, 1.807) is 36.4 Å². The molecule has 0 amide bonds. The summed E-state index contributed by atoms with van der Waals surface area (Å²) in [7, 11) is 0. The number of halogens is 1. The highest BCUT2D eigenvalue weighted by atomic mass is 35.5. The summed E-state index contributed by atoms with van der Waals surface area (Å²) >= 11 is 0. The molecule has 0 aliphatic heterocycles. The van der Waals surface area contributed by atoms with E-state index in [4.69, 9.17) is 5.39 Å². The molecule has 0 aliphatic rings. The molecule has 3 nitrogen and oxygen atoms in total. The van der Waals surface area contributed by atoms with Gasteiger partial charge in [-0.25, -0.2) is 0 Å². The molecular weight excluding hydrogens is 236 g/mol. The van der Waals surface area contributed by atoms with Gasteiger partial charge in [0.25, 0.3) is 0 Å². The molecule has 0 heterocycles. The van der Waals surface area contributed by atoms with Crippen molar-refractivity contribution in [2.75, 3.05) is 0 Å². The van der Waals surface area contributed by atoms with Crippen LogP contribution in [0.3, 0.4) is 0 Å². The van der Waals surface area contributed by atoms with Crippen LogP contribution in [0.1, 0.15) is 15.9 Å². The lowest BCUT2D eigenvalue weighted by atomic mass is 10.0. The number of ketones is 1. The van der Waals surface area contributed by atoms with Crippen molar-refractivity contribution in [2.45, 2.75) is 0 Å². The number of carbonyl (C=O) groups excluding carboxylic acids is 1. The Labute approximate surface area is 105 Å². The molecule has 0 radical (unpaired) electrons. The van der Waals surface area contributed by atoms with E-state index in [9.17, 15) is 4.79 Å². The van der Waals surface area contributed by atoms with Crippen LogP contribution in [0.25, 0.3) is 4.98 Å². The van der Waals surface area contributed by atoms with Crippen LogP contribution >= 0.6 is 0 Å². The SMILES string of the molecule is N#[N+]c1ccc(C(=O)c2ccccc2)cc1.[Cl-]. The van der Waals surface area contributed by atoms with Gasteiger partial charge in [-0.15, -0.1) is 0 Å². The van der Waals surface area contributed by atoms with Crippen molar-refractivity contribution in [1.29, 1.82) is 5.39 Å². The fraction of sp³-hybridized carbons (Fsp3) is 0. The molecule has 0 unspecified atom stereocenters. The van der Waals surface area contributed by atoms with Gasteiger partial charge in [0.2, 0.25) is 5.39 Å². The third-order valence-corrected chi connectivity index (χ3v) is 2.28. The average molecular weight is 245 g/mol. The molecule has 17 heavy (non-hydrogen) atoms. The minimum absolute atomic E-state index is 0. The van der Waals surface area contributed by atoms with Crippen LogP contribution < -0.4 is 12.4 Å². The summed E-state index contributed by atoms with van der Waals surface area (Å²) in [5.74, 6) is -0.0370. The first-order valence-corrected chi connectivity index (χ1v) is 4.86. The zero-order valence-electron chi connectivity index (χ0n) is 8.88. The zero-order valence-corrected chi connectivity index (χ0v) is 9.63. The van der Waals surface area contributed by atoms with Crippen LogP contribution in [0.5, 0.6) is 0 Å². The third-order valence-electron chi connectivity index (χ3n) is 2.28. The number of hydrogen-bond donors (Lipinski definition) is 0. The fourth-order valence-electron chi connectivity index (χ4n) is 1.44. The maximum Gasteiger partial charge on any atom is 0.385 e. The van der Waals surface area contributed by atoms with Crippen molar-refractivity contribution < 1.29 is 17.2 Å². The van der Waals surface area contributed by atoms with E-state index in [-0.39, 0.29) is 18.2 Å². The third kappa shape index (κ3) is 2.90. The molecule has 0 bridgehead atoms. The predicted molar refractivity (Wildman–Crippen MR) is 61.1 cm³/mol. The predicted octanol–water partition coefficient (Wildman–Crippen LogP) is 0.406. The Hall–Kier alpha value is -2.18. The zero-order chi connectivity index (χ0) is 11.4. The highest BCUT2D eigenvalue weighted by Crippen LogP contribution is 2.15. The highest BCUT2D eigenvalue weighted by Gasteiger charge is 2.10. The Morgan fingerprint density at radius 3 is 1.94 bits per heavy atom. The Morgan fingerprint density at radius 2 is 1.41 bits per heavy atom. The first-order valence-electron chi connectivity index (χ1n) is 4.86. The summed E-state index contributed by atoms with van der Waals surface area (Å²) in [4.78, 5) is 15.0. The molecule has 0 spiro atoms. The Morgan fingerprint density at radius 1 is 0.882 bits per heavy atom. The van der Waals surface area contributed by atoms with Crippen molar-refractivity contribution in [3.8, 4) is 0 Å². The van der Waals surface area contributed by atoms with Gasteiger partial charge in [-0.05, 0) is 12.1 Å². The highest BCUT2D eigenvalue weighted by molar-refractivity contribution is 6.09. The molecule has 0 saturated carbocycles. The maximum absolute atomic E-state index is 12.0. The smallest absolute Gasteiger partial charge is 0.385 e. The molecule has 0 aromatic heterocycles. The first-order chi connectivity index (χ1) is 7.81. The normalized spacial score (nSPS) is 8.88.